The summed E-state index contributed by atoms with van der Waals surface area (Å²) in [5, 5.41) is 4.03. The lowest BCUT2D eigenvalue weighted by molar-refractivity contribution is -0.121. The molecule has 1 aliphatic heterocycles. The molecular formula is C20H17N3O2S2. The molecular weight excluding hydrogens is 378 g/mol. The molecule has 0 fully saturated rings. The number of anilines is 1. The molecule has 0 saturated heterocycles. The predicted molar refractivity (Wildman–Crippen MR) is 112 cm³/mol. The zero-order chi connectivity index (χ0) is 18.8. The van der Waals surface area contributed by atoms with Crippen molar-refractivity contribution in [1.82, 2.24) is 4.98 Å². The van der Waals surface area contributed by atoms with E-state index in [2.05, 4.69) is 15.3 Å². The van der Waals surface area contributed by atoms with Crippen molar-refractivity contribution in [2.45, 2.75) is 25.0 Å². The summed E-state index contributed by atoms with van der Waals surface area (Å²) < 4.78 is 1.12. The molecule has 0 saturated carbocycles. The van der Waals surface area contributed by atoms with Gasteiger partial charge in [-0.1, -0.05) is 41.6 Å². The summed E-state index contributed by atoms with van der Waals surface area (Å²) in [6, 6.07) is 15.5. The molecule has 1 aliphatic rings. The standard InChI is InChI=1S/C20H17N3O2S2/c1-12-6-8-13(9-7-12)21-17(24)10-16-20(25)23-19(27-16)11-18-22-14-4-2-3-5-15(14)26-18/h2-9,16H,10-11H2,1H3,(H,21,24)/t16-/m1/s1. The number of nitrogens with zero attached hydrogens (tertiary/aromatic N) is 2. The Morgan fingerprint density at radius 2 is 1.93 bits per heavy atom. The highest BCUT2D eigenvalue weighted by Gasteiger charge is 2.30. The van der Waals surface area contributed by atoms with Gasteiger partial charge < -0.3 is 5.32 Å². The Hall–Kier alpha value is -2.51. The average Bonchev–Trinajstić information content (AvgIpc) is 3.19. The van der Waals surface area contributed by atoms with E-state index in [9.17, 15) is 9.59 Å². The number of aliphatic imine (C=N–C) groups is 1. The van der Waals surface area contributed by atoms with Gasteiger partial charge in [-0.05, 0) is 31.2 Å². The van der Waals surface area contributed by atoms with Crippen LogP contribution in [0.5, 0.6) is 0 Å². The topological polar surface area (TPSA) is 71.4 Å². The number of para-hydroxylation sites is 1. The van der Waals surface area contributed by atoms with Crippen molar-refractivity contribution >= 4 is 55.9 Å². The van der Waals surface area contributed by atoms with Crippen LogP contribution in [0.25, 0.3) is 10.2 Å². The number of benzene rings is 2. The van der Waals surface area contributed by atoms with E-state index >= 15 is 0 Å². The molecule has 7 heteroatoms. The minimum atomic E-state index is -0.458. The van der Waals surface area contributed by atoms with Crippen molar-refractivity contribution in [3.8, 4) is 0 Å². The molecule has 0 aliphatic carbocycles. The van der Waals surface area contributed by atoms with E-state index in [0.29, 0.717) is 6.42 Å². The van der Waals surface area contributed by atoms with Gasteiger partial charge in [-0.15, -0.1) is 11.3 Å². The predicted octanol–water partition coefficient (Wildman–Crippen LogP) is 4.22. The third-order valence-electron chi connectivity index (χ3n) is 4.14. The van der Waals surface area contributed by atoms with Gasteiger partial charge in [0.2, 0.25) is 5.91 Å². The second kappa shape index (κ2) is 7.62. The number of nitrogens with one attached hydrogen (secondary N) is 1. The van der Waals surface area contributed by atoms with Crippen LogP contribution in [0, 0.1) is 6.92 Å². The molecule has 27 heavy (non-hydrogen) atoms. The molecule has 0 radical (unpaired) electrons. The van der Waals surface area contributed by atoms with Crippen LogP contribution in [0.1, 0.15) is 17.0 Å². The SMILES string of the molecule is Cc1ccc(NC(=O)C[C@H]2SC(Cc3nc4ccccc4s3)=NC2=O)cc1. The number of thiazole rings is 1. The van der Waals surface area contributed by atoms with Crippen molar-refractivity contribution in [3.05, 3.63) is 59.1 Å². The number of aromatic nitrogens is 1. The second-order valence-corrected chi connectivity index (χ2v) is 8.71. The highest BCUT2D eigenvalue weighted by Crippen LogP contribution is 2.30. The summed E-state index contributed by atoms with van der Waals surface area (Å²) in [5.41, 5.74) is 2.82. The Labute approximate surface area is 164 Å². The molecule has 4 rings (SSSR count). The number of aryl methyl sites for hydroxylation is 1. The Balaban J connectivity index is 1.35. The van der Waals surface area contributed by atoms with E-state index in [0.717, 1.165) is 31.5 Å². The fourth-order valence-corrected chi connectivity index (χ4v) is 4.93. The summed E-state index contributed by atoms with van der Waals surface area (Å²) in [6.45, 7) is 1.99. The first-order valence-corrected chi connectivity index (χ1v) is 10.3. The van der Waals surface area contributed by atoms with Crippen molar-refractivity contribution in [1.29, 1.82) is 0 Å². The minimum absolute atomic E-state index is 0.115. The van der Waals surface area contributed by atoms with Gasteiger partial charge >= 0.3 is 0 Å². The smallest absolute Gasteiger partial charge is 0.260 e. The molecule has 2 aromatic carbocycles. The van der Waals surface area contributed by atoms with Gasteiger partial charge in [0, 0.05) is 18.5 Å². The summed E-state index contributed by atoms with van der Waals surface area (Å²) in [7, 11) is 0. The van der Waals surface area contributed by atoms with Crippen LogP contribution in [0.3, 0.4) is 0 Å². The minimum Gasteiger partial charge on any atom is -0.326 e. The highest BCUT2D eigenvalue weighted by atomic mass is 32.2. The van der Waals surface area contributed by atoms with Gasteiger partial charge in [0.15, 0.2) is 0 Å². The van der Waals surface area contributed by atoms with Gasteiger partial charge in [-0.3, -0.25) is 9.59 Å². The van der Waals surface area contributed by atoms with E-state index in [1.165, 1.54) is 11.8 Å². The number of thioether (sulfide) groups is 1. The van der Waals surface area contributed by atoms with Gasteiger partial charge in [0.25, 0.3) is 5.91 Å². The van der Waals surface area contributed by atoms with Crippen LogP contribution in [0.4, 0.5) is 5.69 Å². The average molecular weight is 396 g/mol. The molecule has 1 aromatic heterocycles. The van der Waals surface area contributed by atoms with Crippen molar-refractivity contribution in [2.75, 3.05) is 5.32 Å². The number of rotatable bonds is 5. The number of fused-ring (bicyclic) bond motifs is 1. The van der Waals surface area contributed by atoms with E-state index in [1.807, 2.05) is 55.5 Å². The van der Waals surface area contributed by atoms with E-state index < -0.39 is 5.25 Å². The third-order valence-corrected chi connectivity index (χ3v) is 6.33. The molecule has 0 unspecified atom stereocenters. The maximum absolute atomic E-state index is 12.2. The lowest BCUT2D eigenvalue weighted by Crippen LogP contribution is -2.21. The molecule has 1 atom stereocenters. The van der Waals surface area contributed by atoms with E-state index in [1.54, 1.807) is 11.3 Å². The quantitative estimate of drug-likeness (QED) is 0.702. The fourth-order valence-electron chi connectivity index (χ4n) is 2.79. The monoisotopic (exact) mass is 395 g/mol. The molecule has 2 heterocycles. The van der Waals surface area contributed by atoms with Gasteiger partial charge in [0.05, 0.1) is 15.3 Å². The molecule has 2 amide bonds. The van der Waals surface area contributed by atoms with Gasteiger partial charge in [0.1, 0.15) is 10.3 Å². The lowest BCUT2D eigenvalue weighted by atomic mass is 10.2. The van der Waals surface area contributed by atoms with Crippen LogP contribution in [0.2, 0.25) is 0 Å². The van der Waals surface area contributed by atoms with E-state index in [-0.39, 0.29) is 18.2 Å². The van der Waals surface area contributed by atoms with Crippen LogP contribution in [-0.4, -0.2) is 27.1 Å². The first-order chi connectivity index (χ1) is 13.1. The van der Waals surface area contributed by atoms with Crippen molar-refractivity contribution in [2.24, 2.45) is 4.99 Å². The Bertz CT molecular complexity index is 1010. The third kappa shape index (κ3) is 4.26. The largest absolute Gasteiger partial charge is 0.326 e. The van der Waals surface area contributed by atoms with Crippen LogP contribution < -0.4 is 5.32 Å². The lowest BCUT2D eigenvalue weighted by Gasteiger charge is -2.08. The summed E-state index contributed by atoms with van der Waals surface area (Å²) >= 11 is 2.98. The van der Waals surface area contributed by atoms with Gasteiger partial charge in [-0.2, -0.15) is 0 Å². The second-order valence-electron chi connectivity index (χ2n) is 6.32. The van der Waals surface area contributed by atoms with Crippen LogP contribution in [0.15, 0.2) is 53.5 Å². The zero-order valence-corrected chi connectivity index (χ0v) is 16.3. The van der Waals surface area contributed by atoms with Gasteiger partial charge in [-0.25, -0.2) is 9.98 Å². The number of carbonyl (C=O) groups excluding carboxylic acids is 2. The van der Waals surface area contributed by atoms with Crippen LogP contribution >= 0.6 is 23.1 Å². The first-order valence-electron chi connectivity index (χ1n) is 8.56. The molecule has 0 spiro atoms. The molecule has 1 N–H and O–H groups in total. The number of hydrogen-bond donors (Lipinski definition) is 1. The van der Waals surface area contributed by atoms with Crippen molar-refractivity contribution < 1.29 is 9.59 Å². The highest BCUT2D eigenvalue weighted by molar-refractivity contribution is 8.15. The summed E-state index contributed by atoms with van der Waals surface area (Å²) in [4.78, 5) is 33.1. The normalized spacial score (nSPS) is 16.6. The number of hydrogen-bond acceptors (Lipinski definition) is 5. The number of carbonyl (C=O) groups is 2. The van der Waals surface area contributed by atoms with E-state index in [4.69, 9.17) is 0 Å². The Kier molecular flexibility index (Phi) is 5.05. The van der Waals surface area contributed by atoms with Crippen molar-refractivity contribution in [3.63, 3.8) is 0 Å². The molecule has 3 aromatic rings. The number of amides is 2. The molecule has 5 nitrogen and oxygen atoms in total. The Morgan fingerprint density at radius 3 is 2.70 bits per heavy atom. The summed E-state index contributed by atoms with van der Waals surface area (Å²) in [6.07, 6.45) is 0.649. The Morgan fingerprint density at radius 1 is 1.15 bits per heavy atom. The maximum atomic E-state index is 12.2. The zero-order valence-electron chi connectivity index (χ0n) is 14.6. The van der Waals surface area contributed by atoms with Crippen LogP contribution in [-0.2, 0) is 16.0 Å². The maximum Gasteiger partial charge on any atom is 0.260 e. The first kappa shape index (κ1) is 17.9. The molecule has 0 bridgehead atoms. The molecule has 136 valence electrons. The summed E-state index contributed by atoms with van der Waals surface area (Å²) in [5.74, 6) is -0.420. The fraction of sp³-hybridized carbons (Fsp3) is 0.200.